The summed E-state index contributed by atoms with van der Waals surface area (Å²) in [6.07, 6.45) is 1.37. The maximum atomic E-state index is 13.7. The number of hydrogen-bond donors (Lipinski definition) is 3. The van der Waals surface area contributed by atoms with Gasteiger partial charge >= 0.3 is 5.91 Å². The molecular weight excluding hydrogens is 480 g/mol. The fraction of sp³-hybridized carbons (Fsp3) is 0.300. The van der Waals surface area contributed by atoms with Crippen molar-refractivity contribution in [2.75, 3.05) is 31.2 Å². The van der Waals surface area contributed by atoms with Gasteiger partial charge in [0.1, 0.15) is 17.6 Å². The minimum atomic E-state index is -0.373. The third kappa shape index (κ3) is 5.77. The predicted molar refractivity (Wildman–Crippen MR) is 146 cm³/mol. The normalized spacial score (nSPS) is 16.6. The summed E-state index contributed by atoms with van der Waals surface area (Å²) >= 11 is 0. The van der Waals surface area contributed by atoms with Gasteiger partial charge in [-0.1, -0.05) is 42.5 Å². The summed E-state index contributed by atoms with van der Waals surface area (Å²) in [4.78, 5) is 18.1. The Hall–Kier alpha value is -4.01. The van der Waals surface area contributed by atoms with Crippen molar-refractivity contribution in [3.05, 3.63) is 101 Å². The van der Waals surface area contributed by atoms with Crippen LogP contribution < -0.4 is 10.9 Å². The molecule has 0 aromatic heterocycles. The van der Waals surface area contributed by atoms with Gasteiger partial charge in [0.15, 0.2) is 0 Å². The highest BCUT2D eigenvalue weighted by atomic mass is 16.5. The molecule has 38 heavy (non-hydrogen) atoms. The van der Waals surface area contributed by atoms with Crippen molar-refractivity contribution < 1.29 is 19.7 Å². The fourth-order valence-corrected chi connectivity index (χ4v) is 5.27. The van der Waals surface area contributed by atoms with Crippen LogP contribution in [0.3, 0.4) is 0 Å². The van der Waals surface area contributed by atoms with Gasteiger partial charge in [-0.3, -0.25) is 9.69 Å². The maximum absolute atomic E-state index is 13.7. The number of hydrogen-bond acceptors (Lipinski definition) is 7. The maximum Gasteiger partial charge on any atom is 0.309 e. The van der Waals surface area contributed by atoms with Crippen molar-refractivity contribution >= 4 is 11.6 Å². The number of piperazine rings is 1. The minimum absolute atomic E-state index is 0.0523. The molecule has 4 N–H and O–H groups in total. The lowest BCUT2D eigenvalue weighted by molar-refractivity contribution is -0.119. The van der Waals surface area contributed by atoms with E-state index in [1.165, 1.54) is 17.2 Å². The zero-order valence-corrected chi connectivity index (χ0v) is 21.6. The van der Waals surface area contributed by atoms with Gasteiger partial charge in [-0.2, -0.15) is 0 Å². The number of nitrogens with two attached hydrogens (primary N) is 1. The molecule has 0 saturated carbocycles. The lowest BCUT2D eigenvalue weighted by Crippen LogP contribution is -2.47. The molecule has 0 unspecified atom stereocenters. The van der Waals surface area contributed by atoms with Crippen LogP contribution in [0, 0.1) is 0 Å². The van der Waals surface area contributed by atoms with Gasteiger partial charge in [-0.05, 0) is 47.9 Å². The number of phenolic OH excluding ortho intramolecular Hbond substituents is 2. The highest BCUT2D eigenvalue weighted by Gasteiger charge is 2.31. The topological polar surface area (TPSA) is 103 Å². The molecule has 1 aliphatic carbocycles. The van der Waals surface area contributed by atoms with Crippen LogP contribution in [0.15, 0.2) is 84.3 Å². The lowest BCUT2D eigenvalue weighted by atomic mass is 10.1. The molecule has 1 heterocycles. The number of ether oxygens (including phenoxy) is 1. The number of amides is 1. The molecule has 5 rings (SSSR count). The van der Waals surface area contributed by atoms with Crippen molar-refractivity contribution in [3.63, 3.8) is 0 Å². The van der Waals surface area contributed by atoms with Gasteiger partial charge in [0, 0.05) is 51.6 Å². The fourth-order valence-electron chi connectivity index (χ4n) is 5.27. The van der Waals surface area contributed by atoms with Crippen LogP contribution >= 0.6 is 0 Å². The molecule has 1 aliphatic heterocycles. The number of rotatable bonds is 7. The second-order valence-corrected chi connectivity index (χ2v) is 9.96. The summed E-state index contributed by atoms with van der Waals surface area (Å²) in [5, 5.41) is 20.8. The van der Waals surface area contributed by atoms with Gasteiger partial charge in [-0.25, -0.2) is 10.9 Å². The molecule has 2 aliphatic rings. The van der Waals surface area contributed by atoms with Gasteiger partial charge < -0.3 is 19.8 Å². The van der Waals surface area contributed by atoms with E-state index in [1.54, 1.807) is 24.3 Å². The van der Waals surface area contributed by atoms with E-state index in [0.29, 0.717) is 25.3 Å². The van der Waals surface area contributed by atoms with Crippen LogP contribution in [0.25, 0.3) is 0 Å². The average molecular weight is 515 g/mol. The summed E-state index contributed by atoms with van der Waals surface area (Å²) in [5.41, 5.74) is 4.72. The number of para-hydroxylation sites is 1. The Morgan fingerprint density at radius 3 is 2.11 bits per heavy atom. The largest absolute Gasteiger partial charge is 0.508 e. The van der Waals surface area contributed by atoms with Gasteiger partial charge in [0.2, 0.25) is 5.76 Å². The van der Waals surface area contributed by atoms with Crippen LogP contribution in [0.5, 0.6) is 11.5 Å². The molecule has 198 valence electrons. The van der Waals surface area contributed by atoms with E-state index < -0.39 is 0 Å². The molecule has 0 bridgehead atoms. The van der Waals surface area contributed by atoms with Gasteiger partial charge in [0.25, 0.3) is 0 Å². The van der Waals surface area contributed by atoms with E-state index in [2.05, 4.69) is 21.9 Å². The Morgan fingerprint density at radius 2 is 1.50 bits per heavy atom. The minimum Gasteiger partial charge on any atom is -0.508 e. The number of fused-ring (bicyclic) bond motifs is 1. The highest BCUT2D eigenvalue weighted by Crippen LogP contribution is 2.28. The molecule has 8 heteroatoms. The van der Waals surface area contributed by atoms with E-state index in [-0.39, 0.29) is 29.3 Å². The Kier molecular flexibility index (Phi) is 7.53. The molecular formula is C30H34N4O4. The van der Waals surface area contributed by atoms with Gasteiger partial charge in [-0.15, -0.1) is 0 Å². The highest BCUT2D eigenvalue weighted by molar-refractivity contribution is 6.03. The summed E-state index contributed by atoms with van der Waals surface area (Å²) in [7, 11) is 0. The van der Waals surface area contributed by atoms with E-state index >= 15 is 0 Å². The summed E-state index contributed by atoms with van der Waals surface area (Å²) in [6.45, 7) is 5.47. The number of hydrazine groups is 1. The quantitative estimate of drug-likeness (QED) is 0.146. The molecule has 1 amide bonds. The first-order chi connectivity index (χ1) is 18.4. The Balaban J connectivity index is 1.33. The van der Waals surface area contributed by atoms with E-state index in [1.807, 2.05) is 37.3 Å². The van der Waals surface area contributed by atoms with Crippen LogP contribution in [-0.2, 0) is 28.9 Å². The van der Waals surface area contributed by atoms with Crippen LogP contribution in [0.2, 0.25) is 0 Å². The number of allylic oxidation sites excluding steroid dienone is 1. The zero-order valence-electron chi connectivity index (χ0n) is 21.6. The molecule has 1 saturated heterocycles. The number of benzene rings is 3. The van der Waals surface area contributed by atoms with Crippen molar-refractivity contribution in [1.82, 2.24) is 9.80 Å². The Labute approximate surface area is 223 Å². The van der Waals surface area contributed by atoms with Crippen LogP contribution in [0.1, 0.15) is 23.6 Å². The van der Waals surface area contributed by atoms with E-state index in [9.17, 15) is 15.0 Å². The smallest absolute Gasteiger partial charge is 0.309 e. The SMILES string of the molecule is C/C(=C(/OC1Cc2ccccc2C1)C(=O)N(N)c1ccccc1)N1CCN(Cc2cc(O)cc(O)c2)CC1. The van der Waals surface area contributed by atoms with Crippen LogP contribution in [0.4, 0.5) is 5.69 Å². The molecule has 8 nitrogen and oxygen atoms in total. The third-order valence-corrected chi connectivity index (χ3v) is 7.29. The first-order valence-electron chi connectivity index (χ1n) is 12.9. The Bertz CT molecular complexity index is 1270. The summed E-state index contributed by atoms with van der Waals surface area (Å²) in [5.74, 6) is 6.31. The van der Waals surface area contributed by atoms with Crippen molar-refractivity contribution in [2.24, 2.45) is 5.84 Å². The number of anilines is 1. The summed E-state index contributed by atoms with van der Waals surface area (Å²) in [6, 6.07) is 22.1. The Morgan fingerprint density at radius 1 is 0.921 bits per heavy atom. The number of carbonyl (C=O) groups excluding carboxylic acids is 1. The number of phenols is 2. The van der Waals surface area contributed by atoms with Gasteiger partial charge in [0.05, 0.1) is 11.4 Å². The second kappa shape index (κ2) is 11.2. The number of carbonyl (C=O) groups is 1. The number of aromatic hydroxyl groups is 2. The first kappa shape index (κ1) is 25.6. The lowest BCUT2D eigenvalue weighted by Gasteiger charge is -2.37. The van der Waals surface area contributed by atoms with Crippen molar-refractivity contribution in [1.29, 1.82) is 0 Å². The third-order valence-electron chi connectivity index (χ3n) is 7.29. The second-order valence-electron chi connectivity index (χ2n) is 9.96. The molecule has 3 aromatic rings. The number of nitrogens with zero attached hydrogens (tertiary/aromatic N) is 3. The zero-order chi connectivity index (χ0) is 26.6. The molecule has 0 spiro atoms. The molecule has 0 radical (unpaired) electrons. The van der Waals surface area contributed by atoms with Crippen molar-refractivity contribution in [3.8, 4) is 11.5 Å². The van der Waals surface area contributed by atoms with E-state index in [4.69, 9.17) is 10.6 Å². The summed E-state index contributed by atoms with van der Waals surface area (Å²) < 4.78 is 6.46. The van der Waals surface area contributed by atoms with Crippen LogP contribution in [-0.4, -0.2) is 58.2 Å². The molecule has 3 aromatic carbocycles. The van der Waals surface area contributed by atoms with Crippen molar-refractivity contribution in [2.45, 2.75) is 32.4 Å². The monoisotopic (exact) mass is 514 g/mol. The first-order valence-corrected chi connectivity index (χ1v) is 12.9. The molecule has 1 fully saturated rings. The predicted octanol–water partition coefficient (Wildman–Crippen LogP) is 3.54. The standard InChI is InChI=1S/C30H34N4O4/c1-21(33-13-11-32(12-14-33)20-22-15-26(35)19-27(36)16-22)29(30(37)34(31)25-9-3-2-4-10-25)38-28-17-23-7-5-6-8-24(23)18-28/h2-10,15-16,19,28,35-36H,11-14,17-18,20,31H2,1H3/b29-21-. The average Bonchev–Trinajstić information content (AvgIpc) is 3.34. The molecule has 0 atom stereocenters. The van der Waals surface area contributed by atoms with E-state index in [0.717, 1.165) is 42.2 Å².